The van der Waals surface area contributed by atoms with Crippen LogP contribution in [-0.2, 0) is 0 Å². The number of carbonyl (C=O) groups excluding carboxylic acids is 1. The molecule has 0 saturated heterocycles. The molecule has 0 N–H and O–H groups in total. The lowest BCUT2D eigenvalue weighted by Crippen LogP contribution is -2.26. The van der Waals surface area contributed by atoms with Crippen LogP contribution in [0.2, 0.25) is 0 Å². The van der Waals surface area contributed by atoms with Crippen LogP contribution in [0.25, 0.3) is 0 Å². The summed E-state index contributed by atoms with van der Waals surface area (Å²) in [6.45, 7) is 0. The molecule has 2 heterocycles. The highest BCUT2D eigenvalue weighted by atomic mass is 32.2. The van der Waals surface area contributed by atoms with Gasteiger partial charge in [-0.05, 0) is 54.6 Å². The van der Waals surface area contributed by atoms with Gasteiger partial charge in [0.1, 0.15) is 16.2 Å². The maximum Gasteiger partial charge on any atom is 0.275 e. The monoisotopic (exact) mass is 429 g/mol. The molecule has 1 amide bonds. The van der Waals surface area contributed by atoms with Gasteiger partial charge < -0.3 is 4.74 Å². The van der Waals surface area contributed by atoms with E-state index in [9.17, 15) is 18.0 Å². The number of benzene rings is 2. The van der Waals surface area contributed by atoms with Crippen molar-refractivity contribution in [3.05, 3.63) is 94.9 Å². The number of nitrogens with zero attached hydrogens (tertiary/aromatic N) is 3. The number of methoxy groups -OCH3 is 1. The lowest BCUT2D eigenvalue weighted by Gasteiger charge is -2.22. The number of pyridine rings is 1. The highest BCUT2D eigenvalue weighted by Crippen LogP contribution is 2.44. The average molecular weight is 429 g/mol. The summed E-state index contributed by atoms with van der Waals surface area (Å²) in [6.07, 6.45) is 1.55. The minimum absolute atomic E-state index is 0.0635. The Labute approximate surface area is 174 Å². The molecule has 1 atom stereocenters. The van der Waals surface area contributed by atoms with E-state index in [-0.39, 0.29) is 5.56 Å². The molecule has 0 bridgehead atoms. The number of amides is 1. The molecule has 152 valence electrons. The molecule has 4 rings (SSSR count). The zero-order valence-electron chi connectivity index (χ0n) is 15.6. The molecular weight excluding hydrogens is 415 g/mol. The Balaban J connectivity index is 1.77. The van der Waals surface area contributed by atoms with Crippen molar-refractivity contribution in [2.75, 3.05) is 7.11 Å². The fourth-order valence-corrected chi connectivity index (χ4v) is 4.09. The molecule has 0 fully saturated rings. The number of thioether (sulfide) groups is 1. The van der Waals surface area contributed by atoms with Gasteiger partial charge in [-0.2, -0.15) is 5.10 Å². The number of aromatic nitrogens is 1. The van der Waals surface area contributed by atoms with Crippen molar-refractivity contribution in [3.8, 4) is 5.88 Å². The van der Waals surface area contributed by atoms with Crippen LogP contribution < -0.4 is 4.74 Å². The summed E-state index contributed by atoms with van der Waals surface area (Å²) in [5.74, 6) is -2.92. The van der Waals surface area contributed by atoms with Crippen molar-refractivity contribution >= 4 is 22.7 Å². The molecule has 0 spiro atoms. The van der Waals surface area contributed by atoms with Gasteiger partial charge in [-0.25, -0.2) is 23.2 Å². The Hall–Kier alpha value is -3.33. The third-order valence-electron chi connectivity index (χ3n) is 4.37. The van der Waals surface area contributed by atoms with Crippen LogP contribution >= 0.6 is 11.8 Å². The Bertz CT molecular complexity index is 1140. The smallest absolute Gasteiger partial charge is 0.275 e. The molecule has 0 saturated carbocycles. The van der Waals surface area contributed by atoms with Gasteiger partial charge in [0.15, 0.2) is 11.6 Å². The topological polar surface area (TPSA) is 54.8 Å². The van der Waals surface area contributed by atoms with Gasteiger partial charge in [0.2, 0.25) is 5.88 Å². The second kappa shape index (κ2) is 8.19. The standard InChI is InChI=1S/C21H14F3N3O2S/c1-29-18-15(3-2-10-25-18)21-27(20(28)13-6-9-16(23)17(24)11-13)26-19(30-21)12-4-7-14(22)8-5-12/h2-11,21H,1H3. The van der Waals surface area contributed by atoms with Crippen molar-refractivity contribution in [1.29, 1.82) is 0 Å². The van der Waals surface area contributed by atoms with Gasteiger partial charge in [-0.15, -0.1) is 0 Å². The van der Waals surface area contributed by atoms with Crippen molar-refractivity contribution in [3.63, 3.8) is 0 Å². The number of ether oxygens (including phenoxy) is 1. The second-order valence-electron chi connectivity index (χ2n) is 6.26. The number of rotatable bonds is 4. The first kappa shape index (κ1) is 20.0. The lowest BCUT2D eigenvalue weighted by atomic mass is 10.2. The average Bonchev–Trinajstić information content (AvgIpc) is 3.20. The van der Waals surface area contributed by atoms with Crippen molar-refractivity contribution < 1.29 is 22.7 Å². The minimum Gasteiger partial charge on any atom is -0.481 e. The summed E-state index contributed by atoms with van der Waals surface area (Å²) in [5, 5.41) is 5.34. The van der Waals surface area contributed by atoms with Gasteiger partial charge >= 0.3 is 0 Å². The lowest BCUT2D eigenvalue weighted by molar-refractivity contribution is 0.0747. The van der Waals surface area contributed by atoms with Gasteiger partial charge in [-0.3, -0.25) is 4.79 Å². The van der Waals surface area contributed by atoms with E-state index in [0.717, 1.165) is 17.1 Å². The second-order valence-corrected chi connectivity index (χ2v) is 7.33. The molecule has 9 heteroatoms. The minimum atomic E-state index is -1.13. The summed E-state index contributed by atoms with van der Waals surface area (Å²) < 4.78 is 45.6. The highest BCUT2D eigenvalue weighted by molar-refractivity contribution is 8.14. The predicted molar refractivity (Wildman–Crippen MR) is 107 cm³/mol. The third-order valence-corrected chi connectivity index (χ3v) is 5.59. The number of carbonyl (C=O) groups is 1. The van der Waals surface area contributed by atoms with Crippen LogP contribution in [0.4, 0.5) is 13.2 Å². The van der Waals surface area contributed by atoms with Crippen LogP contribution in [0.1, 0.15) is 26.9 Å². The first-order valence-corrected chi connectivity index (χ1v) is 9.64. The Morgan fingerprint density at radius 1 is 1.07 bits per heavy atom. The van der Waals surface area contributed by atoms with Gasteiger partial charge in [0, 0.05) is 22.9 Å². The summed E-state index contributed by atoms with van der Waals surface area (Å²) in [6, 6.07) is 12.0. The van der Waals surface area contributed by atoms with Crippen molar-refractivity contribution in [2.24, 2.45) is 5.10 Å². The summed E-state index contributed by atoms with van der Waals surface area (Å²) in [5.41, 5.74) is 1.11. The number of hydrazone groups is 1. The third kappa shape index (κ3) is 3.76. The summed E-state index contributed by atoms with van der Waals surface area (Å²) in [4.78, 5) is 17.3. The molecular formula is C21H14F3N3O2S. The molecule has 3 aromatic rings. The highest BCUT2D eigenvalue weighted by Gasteiger charge is 2.36. The van der Waals surface area contributed by atoms with Crippen LogP contribution in [0.15, 0.2) is 65.9 Å². The van der Waals surface area contributed by atoms with Gasteiger partial charge in [0.05, 0.1) is 7.11 Å². The van der Waals surface area contributed by atoms with Gasteiger partial charge in [0.25, 0.3) is 5.91 Å². The largest absolute Gasteiger partial charge is 0.481 e. The van der Waals surface area contributed by atoms with E-state index in [2.05, 4.69) is 10.1 Å². The number of hydrogen-bond donors (Lipinski definition) is 0. The maximum atomic E-state index is 13.7. The molecule has 0 aliphatic carbocycles. The van der Waals surface area contributed by atoms with Crippen LogP contribution in [0.3, 0.4) is 0 Å². The van der Waals surface area contributed by atoms with Crippen molar-refractivity contribution in [1.82, 2.24) is 9.99 Å². The Kier molecular flexibility index (Phi) is 5.45. The normalized spacial score (nSPS) is 15.8. The van der Waals surface area contributed by atoms with Gasteiger partial charge in [-0.1, -0.05) is 11.8 Å². The fourth-order valence-electron chi connectivity index (χ4n) is 2.92. The molecule has 0 radical (unpaired) electrons. The van der Waals surface area contributed by atoms with E-state index in [0.29, 0.717) is 22.1 Å². The molecule has 30 heavy (non-hydrogen) atoms. The molecule has 1 aliphatic heterocycles. The summed E-state index contributed by atoms with van der Waals surface area (Å²) >= 11 is 1.24. The van der Waals surface area contributed by atoms with Crippen LogP contribution in [0.5, 0.6) is 5.88 Å². The van der Waals surface area contributed by atoms with E-state index in [1.165, 1.54) is 37.1 Å². The predicted octanol–water partition coefficient (Wildman–Crippen LogP) is 4.76. The first-order valence-electron chi connectivity index (χ1n) is 8.76. The quantitative estimate of drug-likeness (QED) is 0.600. The van der Waals surface area contributed by atoms with E-state index in [1.807, 2.05) is 0 Å². The van der Waals surface area contributed by atoms with Crippen molar-refractivity contribution in [2.45, 2.75) is 5.37 Å². The van der Waals surface area contributed by atoms with E-state index >= 15 is 0 Å². The molecule has 5 nitrogen and oxygen atoms in total. The Morgan fingerprint density at radius 3 is 2.53 bits per heavy atom. The first-order chi connectivity index (χ1) is 14.5. The zero-order chi connectivity index (χ0) is 21.3. The number of halogens is 3. The summed E-state index contributed by atoms with van der Waals surface area (Å²) in [7, 11) is 1.45. The van der Waals surface area contributed by atoms with Crippen LogP contribution in [-0.4, -0.2) is 28.1 Å². The Morgan fingerprint density at radius 2 is 1.83 bits per heavy atom. The number of hydrogen-bond acceptors (Lipinski definition) is 5. The molecule has 1 unspecified atom stereocenters. The fraction of sp³-hybridized carbons (Fsp3) is 0.0952. The molecule has 1 aliphatic rings. The molecule has 2 aromatic carbocycles. The van der Waals surface area contributed by atoms with Crippen LogP contribution in [0, 0.1) is 17.5 Å². The zero-order valence-corrected chi connectivity index (χ0v) is 16.4. The molecule has 1 aromatic heterocycles. The van der Waals surface area contributed by atoms with E-state index < -0.39 is 28.7 Å². The SMILES string of the molecule is COc1ncccc1C1SC(c2ccc(F)cc2)=NN1C(=O)c1ccc(F)c(F)c1. The van der Waals surface area contributed by atoms with E-state index in [1.54, 1.807) is 30.5 Å². The van der Waals surface area contributed by atoms with E-state index in [4.69, 9.17) is 4.74 Å². The maximum absolute atomic E-state index is 13.7.